The van der Waals surface area contributed by atoms with Crippen LogP contribution in [0.4, 0.5) is 0 Å². The molecule has 6 nitrogen and oxygen atoms in total. The third-order valence-electron chi connectivity index (χ3n) is 5.57. The van der Waals surface area contributed by atoms with Crippen molar-refractivity contribution in [2.24, 2.45) is 0 Å². The van der Waals surface area contributed by atoms with E-state index in [1.165, 1.54) is 0 Å². The SMILES string of the molecule is CCCOC1=C(C(=O)c2ccccc2)C(c2ccc(Br)cc2)N(CCCc2ncc[nH]2)C1=O. The van der Waals surface area contributed by atoms with Gasteiger partial charge in [-0.2, -0.15) is 0 Å². The lowest BCUT2D eigenvalue weighted by molar-refractivity contribution is -0.130. The summed E-state index contributed by atoms with van der Waals surface area (Å²) in [5.41, 5.74) is 1.82. The largest absolute Gasteiger partial charge is 0.488 e. The highest BCUT2D eigenvalue weighted by Gasteiger charge is 2.44. The van der Waals surface area contributed by atoms with Crippen LogP contribution < -0.4 is 0 Å². The average Bonchev–Trinajstić information content (AvgIpc) is 3.45. The Labute approximate surface area is 201 Å². The fraction of sp³-hybridized carbons (Fsp3) is 0.269. The quantitative estimate of drug-likeness (QED) is 0.380. The summed E-state index contributed by atoms with van der Waals surface area (Å²) in [7, 11) is 0. The summed E-state index contributed by atoms with van der Waals surface area (Å²) in [4.78, 5) is 36.4. The number of carbonyl (C=O) groups is 2. The summed E-state index contributed by atoms with van der Waals surface area (Å²) >= 11 is 3.48. The summed E-state index contributed by atoms with van der Waals surface area (Å²) in [5, 5.41) is 0. The van der Waals surface area contributed by atoms with E-state index in [9.17, 15) is 9.59 Å². The second kappa shape index (κ2) is 10.6. The first-order valence-electron chi connectivity index (χ1n) is 11.1. The highest BCUT2D eigenvalue weighted by Crippen LogP contribution is 2.40. The second-order valence-electron chi connectivity index (χ2n) is 7.88. The minimum absolute atomic E-state index is 0.164. The van der Waals surface area contributed by atoms with Crippen LogP contribution in [-0.4, -0.2) is 39.7 Å². The molecule has 1 N–H and O–H groups in total. The lowest BCUT2D eigenvalue weighted by atomic mass is 9.92. The van der Waals surface area contributed by atoms with Gasteiger partial charge in [0.2, 0.25) is 0 Å². The fourth-order valence-electron chi connectivity index (χ4n) is 4.03. The van der Waals surface area contributed by atoms with Crippen LogP contribution in [0.25, 0.3) is 0 Å². The summed E-state index contributed by atoms with van der Waals surface area (Å²) in [6.45, 7) is 2.83. The van der Waals surface area contributed by atoms with E-state index in [1.54, 1.807) is 29.4 Å². The van der Waals surface area contributed by atoms with Crippen LogP contribution in [0.5, 0.6) is 0 Å². The van der Waals surface area contributed by atoms with Crippen LogP contribution in [0.3, 0.4) is 0 Å². The zero-order valence-electron chi connectivity index (χ0n) is 18.5. The number of aryl methyl sites for hydroxylation is 1. The Balaban J connectivity index is 1.73. The number of H-pyrrole nitrogens is 1. The molecule has 4 rings (SSSR count). The van der Waals surface area contributed by atoms with E-state index in [0.29, 0.717) is 37.1 Å². The number of nitrogens with one attached hydrogen (secondary N) is 1. The van der Waals surface area contributed by atoms with Crippen molar-refractivity contribution in [3.8, 4) is 0 Å². The number of ether oxygens (including phenoxy) is 1. The first-order valence-corrected chi connectivity index (χ1v) is 11.9. The van der Waals surface area contributed by atoms with Crippen molar-refractivity contribution in [3.05, 3.63) is 99.7 Å². The summed E-state index contributed by atoms with van der Waals surface area (Å²) in [6.07, 6.45) is 5.66. The van der Waals surface area contributed by atoms with E-state index in [1.807, 2.05) is 49.4 Å². The number of carbonyl (C=O) groups excluding carboxylic acids is 2. The van der Waals surface area contributed by atoms with Crippen molar-refractivity contribution < 1.29 is 14.3 Å². The smallest absolute Gasteiger partial charge is 0.290 e. The monoisotopic (exact) mass is 507 g/mol. The maximum Gasteiger partial charge on any atom is 0.290 e. The normalized spacial score (nSPS) is 15.9. The van der Waals surface area contributed by atoms with Gasteiger partial charge in [-0.05, 0) is 30.5 Å². The van der Waals surface area contributed by atoms with Crippen LogP contribution >= 0.6 is 15.9 Å². The molecule has 33 heavy (non-hydrogen) atoms. The van der Waals surface area contributed by atoms with E-state index >= 15 is 0 Å². The number of ketones is 1. The molecule has 0 radical (unpaired) electrons. The van der Waals surface area contributed by atoms with Crippen LogP contribution in [0.15, 0.2) is 82.8 Å². The second-order valence-corrected chi connectivity index (χ2v) is 8.79. The van der Waals surface area contributed by atoms with Gasteiger partial charge in [-0.15, -0.1) is 0 Å². The molecule has 0 fully saturated rings. The molecule has 0 spiro atoms. The molecular formula is C26H26BrN3O3. The van der Waals surface area contributed by atoms with E-state index in [-0.39, 0.29) is 17.4 Å². The average molecular weight is 508 g/mol. The molecule has 1 atom stereocenters. The number of aromatic amines is 1. The number of aromatic nitrogens is 2. The van der Waals surface area contributed by atoms with Gasteiger partial charge in [-0.3, -0.25) is 9.59 Å². The molecule has 2 aromatic carbocycles. The number of Topliss-reactive ketones (excluding diaryl/α,β-unsaturated/α-hetero) is 1. The first kappa shape index (κ1) is 23.0. The van der Waals surface area contributed by atoms with Crippen LogP contribution in [0.1, 0.15) is 47.6 Å². The standard InChI is InChI=1S/C26H26BrN3O3/c1-2-17-33-25-22(24(31)19-7-4-3-5-8-19)23(18-10-12-20(27)13-11-18)30(26(25)32)16-6-9-21-28-14-15-29-21/h3-5,7-8,10-15,23H,2,6,9,16-17H2,1H3,(H,28,29). The molecule has 1 unspecified atom stereocenters. The minimum Gasteiger partial charge on any atom is -0.488 e. The third-order valence-corrected chi connectivity index (χ3v) is 6.10. The van der Waals surface area contributed by atoms with Gasteiger partial charge >= 0.3 is 0 Å². The Kier molecular flexibility index (Phi) is 7.40. The molecule has 1 aliphatic heterocycles. The predicted octanol–water partition coefficient (Wildman–Crippen LogP) is 5.25. The molecule has 1 amide bonds. The molecule has 1 aliphatic rings. The highest BCUT2D eigenvalue weighted by molar-refractivity contribution is 9.10. The predicted molar refractivity (Wildman–Crippen MR) is 130 cm³/mol. The Bertz CT molecular complexity index is 1130. The number of halogens is 1. The van der Waals surface area contributed by atoms with Crippen molar-refractivity contribution in [3.63, 3.8) is 0 Å². The van der Waals surface area contributed by atoms with Gasteiger partial charge in [-0.1, -0.05) is 65.3 Å². The number of imidazole rings is 1. The molecule has 1 aromatic heterocycles. The molecule has 7 heteroatoms. The number of hydrogen-bond acceptors (Lipinski definition) is 4. The van der Waals surface area contributed by atoms with Gasteiger partial charge in [-0.25, -0.2) is 4.98 Å². The van der Waals surface area contributed by atoms with E-state index in [2.05, 4.69) is 25.9 Å². The summed E-state index contributed by atoms with van der Waals surface area (Å²) < 4.78 is 6.85. The molecule has 3 aromatic rings. The lowest BCUT2D eigenvalue weighted by Gasteiger charge is -2.27. The van der Waals surface area contributed by atoms with Crippen molar-refractivity contribution in [1.29, 1.82) is 0 Å². The zero-order valence-corrected chi connectivity index (χ0v) is 20.0. The van der Waals surface area contributed by atoms with Crippen molar-refractivity contribution in [1.82, 2.24) is 14.9 Å². The molecule has 0 saturated carbocycles. The van der Waals surface area contributed by atoms with Crippen LogP contribution in [0.2, 0.25) is 0 Å². The zero-order chi connectivity index (χ0) is 23.2. The van der Waals surface area contributed by atoms with E-state index in [0.717, 1.165) is 22.3 Å². The molecule has 2 heterocycles. The Morgan fingerprint density at radius 2 is 1.91 bits per heavy atom. The topological polar surface area (TPSA) is 75.3 Å². The Morgan fingerprint density at radius 1 is 1.15 bits per heavy atom. The molecular weight excluding hydrogens is 482 g/mol. The van der Waals surface area contributed by atoms with E-state index < -0.39 is 6.04 Å². The van der Waals surface area contributed by atoms with E-state index in [4.69, 9.17) is 4.74 Å². The number of benzene rings is 2. The third kappa shape index (κ3) is 5.09. The molecule has 0 bridgehead atoms. The maximum absolute atomic E-state index is 13.7. The van der Waals surface area contributed by atoms with Gasteiger partial charge in [0.1, 0.15) is 5.82 Å². The summed E-state index contributed by atoms with van der Waals surface area (Å²) in [5.74, 6) is 0.612. The maximum atomic E-state index is 13.7. The number of nitrogens with zero attached hydrogens (tertiary/aromatic N) is 2. The number of hydrogen-bond donors (Lipinski definition) is 1. The molecule has 0 aliphatic carbocycles. The van der Waals surface area contributed by atoms with Crippen LogP contribution in [0, 0.1) is 0 Å². The van der Waals surface area contributed by atoms with Crippen molar-refractivity contribution >= 4 is 27.6 Å². The van der Waals surface area contributed by atoms with Gasteiger partial charge < -0.3 is 14.6 Å². The Hall–Kier alpha value is -3.19. The van der Waals surface area contributed by atoms with Crippen molar-refractivity contribution in [2.45, 2.75) is 32.2 Å². The Morgan fingerprint density at radius 3 is 2.58 bits per heavy atom. The number of amides is 1. The van der Waals surface area contributed by atoms with Gasteiger partial charge in [0, 0.05) is 35.4 Å². The van der Waals surface area contributed by atoms with Gasteiger partial charge in [0.05, 0.1) is 18.2 Å². The molecule has 170 valence electrons. The van der Waals surface area contributed by atoms with Gasteiger partial charge in [0.25, 0.3) is 5.91 Å². The first-order chi connectivity index (χ1) is 16.1. The van der Waals surface area contributed by atoms with Crippen LogP contribution in [-0.2, 0) is 16.0 Å². The van der Waals surface area contributed by atoms with Gasteiger partial charge in [0.15, 0.2) is 11.5 Å². The lowest BCUT2D eigenvalue weighted by Crippen LogP contribution is -2.32. The number of rotatable bonds is 10. The molecule has 0 saturated heterocycles. The minimum atomic E-state index is -0.512. The fourth-order valence-corrected chi connectivity index (χ4v) is 4.30. The highest BCUT2D eigenvalue weighted by atomic mass is 79.9. The van der Waals surface area contributed by atoms with Crippen molar-refractivity contribution in [2.75, 3.05) is 13.2 Å². The summed E-state index contributed by atoms with van der Waals surface area (Å²) in [6, 6.07) is 16.3.